The highest BCUT2D eigenvalue weighted by molar-refractivity contribution is 7.11. The van der Waals surface area contributed by atoms with Gasteiger partial charge in [0, 0.05) is 22.7 Å². The summed E-state index contributed by atoms with van der Waals surface area (Å²) in [5.41, 5.74) is 6.81. The lowest BCUT2D eigenvalue weighted by atomic mass is 10.2. The number of nitrogens with one attached hydrogen (secondary N) is 1. The Morgan fingerprint density at radius 1 is 1.19 bits per heavy atom. The van der Waals surface area contributed by atoms with Crippen LogP contribution in [0.1, 0.15) is 9.88 Å². The number of rotatable bonds is 4. The molecular formula is C15H15N5S. The fraction of sp³-hybridized carbons (Fsp3) is 0.133. The molecule has 0 fully saturated rings. The lowest BCUT2D eigenvalue weighted by Crippen LogP contribution is -2.04. The molecule has 2 aromatic heterocycles. The van der Waals surface area contributed by atoms with Crippen LogP contribution in [0.5, 0.6) is 0 Å². The monoisotopic (exact) mass is 297 g/mol. The Labute approximate surface area is 126 Å². The molecule has 0 aliphatic rings. The van der Waals surface area contributed by atoms with Crippen molar-refractivity contribution in [1.82, 2.24) is 15.0 Å². The van der Waals surface area contributed by atoms with Crippen molar-refractivity contribution in [2.24, 2.45) is 0 Å². The molecule has 0 atom stereocenters. The topological polar surface area (TPSA) is 76.7 Å². The van der Waals surface area contributed by atoms with E-state index in [4.69, 9.17) is 5.73 Å². The van der Waals surface area contributed by atoms with E-state index in [1.807, 2.05) is 43.5 Å². The van der Waals surface area contributed by atoms with Gasteiger partial charge in [0.05, 0.1) is 6.54 Å². The molecule has 0 unspecified atom stereocenters. The molecule has 1 aromatic carbocycles. The van der Waals surface area contributed by atoms with Gasteiger partial charge in [-0.3, -0.25) is 0 Å². The highest BCUT2D eigenvalue weighted by Crippen LogP contribution is 2.19. The van der Waals surface area contributed by atoms with E-state index in [2.05, 4.69) is 20.3 Å². The third-order valence-corrected chi connectivity index (χ3v) is 3.78. The SMILES string of the molecule is Cc1cnc(CNc2cc(N)nc(-c3ccccc3)n2)s1. The van der Waals surface area contributed by atoms with Gasteiger partial charge in [0.1, 0.15) is 16.6 Å². The molecule has 2 heterocycles. The average Bonchev–Trinajstić information content (AvgIpc) is 2.91. The van der Waals surface area contributed by atoms with Crippen molar-refractivity contribution in [2.75, 3.05) is 11.1 Å². The standard InChI is InChI=1S/C15H15N5S/c1-10-8-18-14(21-10)9-17-13-7-12(16)19-15(20-13)11-5-3-2-4-6-11/h2-8H,9H2,1H3,(H3,16,17,19,20). The molecule has 3 aromatic rings. The molecule has 0 aliphatic heterocycles. The van der Waals surface area contributed by atoms with Crippen molar-refractivity contribution in [3.8, 4) is 11.4 Å². The molecular weight excluding hydrogens is 282 g/mol. The van der Waals surface area contributed by atoms with Crippen LogP contribution in [0.25, 0.3) is 11.4 Å². The van der Waals surface area contributed by atoms with E-state index in [0.29, 0.717) is 24.0 Å². The van der Waals surface area contributed by atoms with E-state index in [0.717, 1.165) is 10.6 Å². The molecule has 0 spiro atoms. The van der Waals surface area contributed by atoms with Gasteiger partial charge in [-0.25, -0.2) is 15.0 Å². The Bertz CT molecular complexity index is 739. The molecule has 106 valence electrons. The summed E-state index contributed by atoms with van der Waals surface area (Å²) in [7, 11) is 0. The van der Waals surface area contributed by atoms with Gasteiger partial charge in [0.2, 0.25) is 0 Å². The number of anilines is 2. The lowest BCUT2D eigenvalue weighted by Gasteiger charge is -2.07. The minimum absolute atomic E-state index is 0.446. The van der Waals surface area contributed by atoms with Crippen molar-refractivity contribution >= 4 is 23.0 Å². The maximum Gasteiger partial charge on any atom is 0.163 e. The van der Waals surface area contributed by atoms with Crippen LogP contribution in [0.4, 0.5) is 11.6 Å². The highest BCUT2D eigenvalue weighted by Gasteiger charge is 2.06. The van der Waals surface area contributed by atoms with Crippen LogP contribution in [-0.2, 0) is 6.54 Å². The smallest absolute Gasteiger partial charge is 0.163 e. The van der Waals surface area contributed by atoms with Gasteiger partial charge in [-0.15, -0.1) is 11.3 Å². The first-order chi connectivity index (χ1) is 10.2. The maximum absolute atomic E-state index is 5.87. The van der Waals surface area contributed by atoms with E-state index in [1.165, 1.54) is 4.88 Å². The Kier molecular flexibility index (Phi) is 3.79. The first-order valence-corrected chi connectivity index (χ1v) is 7.37. The number of hydrogen-bond acceptors (Lipinski definition) is 6. The summed E-state index contributed by atoms with van der Waals surface area (Å²) < 4.78 is 0. The van der Waals surface area contributed by atoms with Gasteiger partial charge < -0.3 is 11.1 Å². The van der Waals surface area contributed by atoms with Crippen LogP contribution in [0, 0.1) is 6.92 Å². The fourth-order valence-electron chi connectivity index (χ4n) is 1.92. The lowest BCUT2D eigenvalue weighted by molar-refractivity contribution is 1.06. The van der Waals surface area contributed by atoms with Gasteiger partial charge in [-0.05, 0) is 6.92 Å². The first kappa shape index (κ1) is 13.5. The molecule has 3 N–H and O–H groups in total. The van der Waals surface area contributed by atoms with Gasteiger partial charge in [0.15, 0.2) is 5.82 Å². The molecule has 21 heavy (non-hydrogen) atoms. The number of hydrogen-bond donors (Lipinski definition) is 2. The van der Waals surface area contributed by atoms with E-state index in [1.54, 1.807) is 17.4 Å². The molecule has 6 heteroatoms. The van der Waals surface area contributed by atoms with Crippen molar-refractivity contribution < 1.29 is 0 Å². The molecule has 0 saturated carbocycles. The van der Waals surface area contributed by atoms with E-state index >= 15 is 0 Å². The number of nitrogen functional groups attached to an aromatic ring is 1. The molecule has 0 saturated heterocycles. The molecule has 0 amide bonds. The number of nitrogens with zero attached hydrogens (tertiary/aromatic N) is 3. The third-order valence-electron chi connectivity index (χ3n) is 2.87. The second-order valence-electron chi connectivity index (χ2n) is 4.59. The summed E-state index contributed by atoms with van der Waals surface area (Å²) in [6.45, 7) is 2.67. The average molecular weight is 297 g/mol. The normalized spacial score (nSPS) is 10.5. The van der Waals surface area contributed by atoms with Crippen LogP contribution in [0.15, 0.2) is 42.6 Å². The van der Waals surface area contributed by atoms with Crippen LogP contribution in [0.2, 0.25) is 0 Å². The highest BCUT2D eigenvalue weighted by atomic mass is 32.1. The number of benzene rings is 1. The fourth-order valence-corrected chi connectivity index (χ4v) is 2.65. The predicted molar refractivity (Wildman–Crippen MR) is 86.1 cm³/mol. The molecule has 0 radical (unpaired) electrons. The van der Waals surface area contributed by atoms with Crippen LogP contribution in [0.3, 0.4) is 0 Å². The summed E-state index contributed by atoms with van der Waals surface area (Å²) >= 11 is 1.66. The number of aryl methyl sites for hydroxylation is 1. The Hall–Kier alpha value is -2.47. The number of aromatic nitrogens is 3. The number of nitrogens with two attached hydrogens (primary N) is 1. The minimum Gasteiger partial charge on any atom is -0.384 e. The second kappa shape index (κ2) is 5.88. The first-order valence-electron chi connectivity index (χ1n) is 6.56. The molecule has 5 nitrogen and oxygen atoms in total. The summed E-state index contributed by atoms with van der Waals surface area (Å²) in [6.07, 6.45) is 1.87. The quantitative estimate of drug-likeness (QED) is 0.774. The van der Waals surface area contributed by atoms with E-state index in [9.17, 15) is 0 Å². The molecule has 0 aliphatic carbocycles. The van der Waals surface area contributed by atoms with Crippen molar-refractivity contribution in [1.29, 1.82) is 0 Å². The zero-order chi connectivity index (χ0) is 14.7. The van der Waals surface area contributed by atoms with Gasteiger partial charge >= 0.3 is 0 Å². The Balaban J connectivity index is 1.81. The van der Waals surface area contributed by atoms with Crippen LogP contribution >= 0.6 is 11.3 Å². The molecule has 0 bridgehead atoms. The van der Waals surface area contributed by atoms with Gasteiger partial charge in [0.25, 0.3) is 0 Å². The van der Waals surface area contributed by atoms with E-state index in [-0.39, 0.29) is 0 Å². The van der Waals surface area contributed by atoms with Crippen LogP contribution in [-0.4, -0.2) is 15.0 Å². The summed E-state index contributed by atoms with van der Waals surface area (Å²) in [6, 6.07) is 11.5. The van der Waals surface area contributed by atoms with Crippen molar-refractivity contribution in [3.63, 3.8) is 0 Å². The van der Waals surface area contributed by atoms with Crippen LogP contribution < -0.4 is 11.1 Å². The maximum atomic E-state index is 5.87. The zero-order valence-electron chi connectivity index (χ0n) is 11.6. The number of thiazole rings is 1. The largest absolute Gasteiger partial charge is 0.384 e. The third kappa shape index (κ3) is 3.35. The van der Waals surface area contributed by atoms with Gasteiger partial charge in [-0.1, -0.05) is 30.3 Å². The van der Waals surface area contributed by atoms with Crippen molar-refractivity contribution in [3.05, 3.63) is 52.5 Å². The predicted octanol–water partition coefficient (Wildman–Crippen LogP) is 3.10. The Morgan fingerprint density at radius 3 is 2.71 bits per heavy atom. The molecule has 3 rings (SSSR count). The zero-order valence-corrected chi connectivity index (χ0v) is 12.4. The minimum atomic E-state index is 0.446. The summed E-state index contributed by atoms with van der Waals surface area (Å²) in [4.78, 5) is 14.3. The second-order valence-corrected chi connectivity index (χ2v) is 5.91. The van der Waals surface area contributed by atoms with Gasteiger partial charge in [-0.2, -0.15) is 0 Å². The van der Waals surface area contributed by atoms with E-state index < -0.39 is 0 Å². The summed E-state index contributed by atoms with van der Waals surface area (Å²) in [5.74, 6) is 1.77. The Morgan fingerprint density at radius 2 is 2.00 bits per heavy atom. The summed E-state index contributed by atoms with van der Waals surface area (Å²) in [5, 5.41) is 4.26. The van der Waals surface area contributed by atoms with Crippen molar-refractivity contribution in [2.45, 2.75) is 13.5 Å².